The lowest BCUT2D eigenvalue weighted by atomic mass is 9.94. The highest BCUT2D eigenvalue weighted by Crippen LogP contribution is 2.28. The zero-order valence-electron chi connectivity index (χ0n) is 18.2. The van der Waals surface area contributed by atoms with Crippen LogP contribution in [0.2, 0.25) is 0 Å². The Hall–Kier alpha value is -3.93. The highest BCUT2D eigenvalue weighted by Gasteiger charge is 2.21. The fraction of sp³-hybridized carbons (Fsp3) is 0.192. The first kappa shape index (κ1) is 24.3. The Morgan fingerprint density at radius 3 is 2.09 bits per heavy atom. The summed E-state index contributed by atoms with van der Waals surface area (Å²) in [6, 6.07) is 15.3. The van der Waals surface area contributed by atoms with Crippen molar-refractivity contribution in [3.63, 3.8) is 0 Å². The van der Waals surface area contributed by atoms with Crippen molar-refractivity contribution < 1.29 is 29.0 Å². The van der Waals surface area contributed by atoms with E-state index in [1.54, 1.807) is 19.1 Å². The predicted octanol–water partition coefficient (Wildman–Crippen LogP) is 4.89. The molecule has 0 aliphatic rings. The molecule has 166 valence electrons. The van der Waals surface area contributed by atoms with Gasteiger partial charge in [0, 0.05) is 23.1 Å². The Bertz CT molecular complexity index is 1050. The molecule has 0 aromatic heterocycles. The molecule has 2 aromatic rings. The van der Waals surface area contributed by atoms with Gasteiger partial charge >= 0.3 is 17.9 Å². The van der Waals surface area contributed by atoms with E-state index in [9.17, 15) is 19.5 Å². The number of phenols is 1. The number of ether oxygens (including phenoxy) is 2. The normalized spacial score (nSPS) is 11.2. The molecular formula is C26H26O6. The fourth-order valence-corrected chi connectivity index (χ4v) is 2.72. The van der Waals surface area contributed by atoms with E-state index in [2.05, 4.69) is 13.2 Å². The first-order chi connectivity index (χ1) is 15.2. The van der Waals surface area contributed by atoms with Crippen LogP contribution in [-0.2, 0) is 30.5 Å². The molecular weight excluding hydrogens is 408 g/mol. The molecule has 0 heterocycles. The molecule has 6 nitrogen and oxygen atoms in total. The largest absolute Gasteiger partial charge is 0.508 e. The molecule has 0 aliphatic carbocycles. The lowest BCUT2D eigenvalue weighted by molar-refractivity contribution is -0.154. The monoisotopic (exact) mass is 434 g/mol. The van der Waals surface area contributed by atoms with Crippen molar-refractivity contribution in [3.8, 4) is 5.75 Å². The van der Waals surface area contributed by atoms with Gasteiger partial charge < -0.3 is 14.6 Å². The van der Waals surface area contributed by atoms with Gasteiger partial charge in [0.05, 0.1) is 0 Å². The van der Waals surface area contributed by atoms with Crippen molar-refractivity contribution in [2.75, 3.05) is 0 Å². The third-order valence-corrected chi connectivity index (χ3v) is 4.77. The zero-order chi connectivity index (χ0) is 23.7. The summed E-state index contributed by atoms with van der Waals surface area (Å²) in [6.07, 6.45) is 0.339. The van der Waals surface area contributed by atoms with E-state index in [0.29, 0.717) is 17.6 Å². The number of esters is 3. The number of hydrogen-bond acceptors (Lipinski definition) is 6. The van der Waals surface area contributed by atoms with Crippen LogP contribution in [0.25, 0.3) is 5.57 Å². The lowest BCUT2D eigenvalue weighted by Crippen LogP contribution is -2.16. The number of carbonyl (C=O) groups excluding carboxylic acids is 3. The van der Waals surface area contributed by atoms with Crippen LogP contribution in [0.3, 0.4) is 0 Å². The highest BCUT2D eigenvalue weighted by atomic mass is 16.6. The number of aromatic hydroxyl groups is 1. The maximum atomic E-state index is 12.6. The molecule has 32 heavy (non-hydrogen) atoms. The van der Waals surface area contributed by atoms with Crippen molar-refractivity contribution in [3.05, 3.63) is 95.6 Å². The smallest absolute Gasteiger partial charge is 0.341 e. The molecule has 0 atom stereocenters. The summed E-state index contributed by atoms with van der Waals surface area (Å²) in [6.45, 7) is 10.7. The number of allylic oxidation sites excluding steroid dienone is 1. The number of carbonyl (C=O) groups is 3. The second kappa shape index (κ2) is 11.5. The van der Waals surface area contributed by atoms with Crippen LogP contribution < -0.4 is 0 Å². The van der Waals surface area contributed by atoms with Crippen LogP contribution in [0.1, 0.15) is 37.8 Å². The summed E-state index contributed by atoms with van der Waals surface area (Å²) in [4.78, 5) is 37.0. The summed E-state index contributed by atoms with van der Waals surface area (Å²) in [5.41, 5.74) is 2.25. The van der Waals surface area contributed by atoms with Gasteiger partial charge in [-0.3, -0.25) is 0 Å². The quantitative estimate of drug-likeness (QED) is 0.343. The minimum Gasteiger partial charge on any atom is -0.508 e. The third-order valence-electron chi connectivity index (χ3n) is 4.77. The van der Waals surface area contributed by atoms with Gasteiger partial charge in [0.25, 0.3) is 0 Å². The molecule has 0 saturated carbocycles. The molecule has 0 saturated heterocycles. The van der Waals surface area contributed by atoms with Crippen molar-refractivity contribution >= 4 is 23.5 Å². The van der Waals surface area contributed by atoms with Gasteiger partial charge in [0.1, 0.15) is 12.4 Å². The molecule has 6 heteroatoms. The summed E-state index contributed by atoms with van der Waals surface area (Å²) in [5.74, 6) is -2.22. The number of rotatable bonds is 9. The standard InChI is InChI=1S/C26H26O6/c1-5-17(2)25(29)32-26(30)19(4)23(21-11-13-22(27)14-12-21)15-18(3)24(28)31-16-20-9-7-6-8-10-20/h6-14,27H,2-3,5,15-16H2,1,4H3. The van der Waals surface area contributed by atoms with Crippen LogP contribution in [0.5, 0.6) is 5.75 Å². The van der Waals surface area contributed by atoms with Crippen LogP contribution in [0.4, 0.5) is 0 Å². The Balaban J connectivity index is 2.23. The van der Waals surface area contributed by atoms with Gasteiger partial charge in [-0.1, -0.05) is 62.5 Å². The van der Waals surface area contributed by atoms with E-state index >= 15 is 0 Å². The van der Waals surface area contributed by atoms with E-state index in [1.165, 1.54) is 19.1 Å². The van der Waals surface area contributed by atoms with E-state index in [4.69, 9.17) is 9.47 Å². The zero-order valence-corrected chi connectivity index (χ0v) is 18.2. The third kappa shape index (κ3) is 6.80. The fourth-order valence-electron chi connectivity index (χ4n) is 2.72. The highest BCUT2D eigenvalue weighted by molar-refractivity contribution is 6.06. The Morgan fingerprint density at radius 1 is 0.875 bits per heavy atom. The molecule has 0 radical (unpaired) electrons. The molecule has 0 fully saturated rings. The summed E-state index contributed by atoms with van der Waals surface area (Å²) in [5, 5.41) is 9.59. The molecule has 0 amide bonds. The number of benzene rings is 2. The molecule has 2 aromatic carbocycles. The molecule has 1 N–H and O–H groups in total. The lowest BCUT2D eigenvalue weighted by Gasteiger charge is -2.14. The van der Waals surface area contributed by atoms with Crippen LogP contribution in [0, 0.1) is 0 Å². The average molecular weight is 434 g/mol. The predicted molar refractivity (Wildman–Crippen MR) is 121 cm³/mol. The summed E-state index contributed by atoms with van der Waals surface area (Å²) >= 11 is 0. The van der Waals surface area contributed by atoms with Gasteiger partial charge in [-0.15, -0.1) is 0 Å². The van der Waals surface area contributed by atoms with Gasteiger partial charge in [0.2, 0.25) is 0 Å². The van der Waals surface area contributed by atoms with Gasteiger partial charge in [0.15, 0.2) is 0 Å². The van der Waals surface area contributed by atoms with E-state index in [1.807, 2.05) is 30.3 Å². The van der Waals surface area contributed by atoms with E-state index in [0.717, 1.165) is 5.56 Å². The average Bonchev–Trinajstić information content (AvgIpc) is 2.80. The Morgan fingerprint density at radius 2 is 1.50 bits per heavy atom. The van der Waals surface area contributed by atoms with Gasteiger partial charge in [-0.05, 0) is 42.2 Å². The second-order valence-electron chi connectivity index (χ2n) is 7.13. The Labute approximate surface area is 187 Å². The summed E-state index contributed by atoms with van der Waals surface area (Å²) in [7, 11) is 0. The van der Waals surface area contributed by atoms with Crippen LogP contribution in [0.15, 0.2) is 84.5 Å². The van der Waals surface area contributed by atoms with E-state index in [-0.39, 0.29) is 35.5 Å². The molecule has 0 spiro atoms. The van der Waals surface area contributed by atoms with Crippen molar-refractivity contribution in [2.24, 2.45) is 0 Å². The molecule has 0 aliphatic heterocycles. The van der Waals surface area contributed by atoms with Crippen molar-refractivity contribution in [2.45, 2.75) is 33.3 Å². The maximum absolute atomic E-state index is 12.6. The number of hydrogen-bond donors (Lipinski definition) is 1. The van der Waals surface area contributed by atoms with Crippen molar-refractivity contribution in [1.29, 1.82) is 0 Å². The van der Waals surface area contributed by atoms with Crippen LogP contribution in [-0.4, -0.2) is 23.0 Å². The van der Waals surface area contributed by atoms with Crippen molar-refractivity contribution in [1.82, 2.24) is 0 Å². The topological polar surface area (TPSA) is 89.9 Å². The molecule has 0 bridgehead atoms. The van der Waals surface area contributed by atoms with Gasteiger partial charge in [-0.2, -0.15) is 0 Å². The maximum Gasteiger partial charge on any atom is 0.341 e. The van der Waals surface area contributed by atoms with E-state index < -0.39 is 17.9 Å². The summed E-state index contributed by atoms with van der Waals surface area (Å²) < 4.78 is 10.2. The second-order valence-corrected chi connectivity index (χ2v) is 7.13. The Kier molecular flexibility index (Phi) is 8.72. The molecule has 2 rings (SSSR count). The first-order valence-corrected chi connectivity index (χ1v) is 10.0. The van der Waals surface area contributed by atoms with Gasteiger partial charge in [-0.25, -0.2) is 14.4 Å². The SMILES string of the molecule is C=C(CC(=C(C)C(=O)OC(=O)C(=C)CC)c1ccc(O)cc1)C(=O)OCc1ccccc1. The number of phenolic OH excluding ortho intramolecular Hbond substituents is 1. The molecule has 0 unspecified atom stereocenters. The minimum atomic E-state index is -0.849. The minimum absolute atomic E-state index is 0.0117. The van der Waals surface area contributed by atoms with Crippen LogP contribution >= 0.6 is 0 Å². The first-order valence-electron chi connectivity index (χ1n) is 10.0.